The molecule has 1 unspecified atom stereocenters. The largest absolute Gasteiger partial charge is 0.353 e. The number of nitrogens with one attached hydrogen (secondary N) is 1. The number of hydrogen-bond acceptors (Lipinski definition) is 3. The summed E-state index contributed by atoms with van der Waals surface area (Å²) in [6.45, 7) is 3.51. The number of carbonyl (C=O) groups excluding carboxylic acids is 1. The Morgan fingerprint density at radius 3 is 2.74 bits per heavy atom. The molecule has 7 heteroatoms. The summed E-state index contributed by atoms with van der Waals surface area (Å²) in [6.07, 6.45) is 0. The summed E-state index contributed by atoms with van der Waals surface area (Å²) >= 11 is 0. The monoisotopic (exact) mass is 286 g/mol. The van der Waals surface area contributed by atoms with Gasteiger partial charge in [0.25, 0.3) is 0 Å². The van der Waals surface area contributed by atoms with Crippen molar-refractivity contribution in [1.29, 1.82) is 0 Å². The van der Waals surface area contributed by atoms with Gasteiger partial charge in [0, 0.05) is 13.1 Å². The standard InChI is InChI=1S/C12H15FN2O3S/c1-8-3-4-10(7-11(8)13)19(17,18)15-6-5-14-12(16)9(15)2/h3-4,7,9H,5-6H2,1-2H3,(H,14,16). The van der Waals surface area contributed by atoms with Crippen LogP contribution in [0.5, 0.6) is 0 Å². The molecule has 0 aromatic heterocycles. The molecule has 1 aliphatic rings. The first-order valence-corrected chi connectivity index (χ1v) is 7.34. The number of nitrogens with zero attached hydrogens (tertiary/aromatic N) is 1. The van der Waals surface area contributed by atoms with E-state index in [1.54, 1.807) is 6.92 Å². The molecule has 1 amide bonds. The van der Waals surface area contributed by atoms with Gasteiger partial charge in [-0.1, -0.05) is 6.07 Å². The smallest absolute Gasteiger partial charge is 0.243 e. The van der Waals surface area contributed by atoms with Crippen LogP contribution < -0.4 is 5.32 Å². The van der Waals surface area contributed by atoms with Gasteiger partial charge >= 0.3 is 0 Å². The topological polar surface area (TPSA) is 66.5 Å². The van der Waals surface area contributed by atoms with Gasteiger partial charge in [0.1, 0.15) is 11.9 Å². The highest BCUT2D eigenvalue weighted by Gasteiger charge is 2.35. The van der Waals surface area contributed by atoms with Gasteiger partial charge in [-0.2, -0.15) is 4.31 Å². The average molecular weight is 286 g/mol. The van der Waals surface area contributed by atoms with Crippen LogP contribution in [0, 0.1) is 12.7 Å². The normalized spacial score (nSPS) is 21.2. The van der Waals surface area contributed by atoms with E-state index in [2.05, 4.69) is 5.32 Å². The molecule has 0 bridgehead atoms. The number of hydrogen-bond donors (Lipinski definition) is 1. The lowest BCUT2D eigenvalue weighted by molar-refractivity contribution is -0.126. The maximum Gasteiger partial charge on any atom is 0.243 e. The fourth-order valence-corrected chi connectivity index (χ4v) is 3.57. The summed E-state index contributed by atoms with van der Waals surface area (Å²) < 4.78 is 39.4. The molecule has 2 rings (SSSR count). The van der Waals surface area contributed by atoms with Crippen LogP contribution in [0.2, 0.25) is 0 Å². The third-order valence-electron chi connectivity index (χ3n) is 3.19. The maximum absolute atomic E-state index is 13.5. The molecule has 1 atom stereocenters. The van der Waals surface area contributed by atoms with Crippen LogP contribution in [0.1, 0.15) is 12.5 Å². The number of piperazine rings is 1. The van der Waals surface area contributed by atoms with Crippen molar-refractivity contribution in [2.24, 2.45) is 0 Å². The molecule has 104 valence electrons. The Balaban J connectivity index is 2.41. The van der Waals surface area contributed by atoms with E-state index < -0.39 is 21.9 Å². The molecule has 1 N–H and O–H groups in total. The van der Waals surface area contributed by atoms with Gasteiger partial charge in [0.2, 0.25) is 15.9 Å². The van der Waals surface area contributed by atoms with Gasteiger partial charge in [0.05, 0.1) is 4.90 Å². The predicted molar refractivity (Wildman–Crippen MR) is 67.5 cm³/mol. The Kier molecular flexibility index (Phi) is 3.60. The van der Waals surface area contributed by atoms with E-state index in [-0.39, 0.29) is 23.9 Å². The van der Waals surface area contributed by atoms with Crippen molar-refractivity contribution in [3.8, 4) is 0 Å². The zero-order chi connectivity index (χ0) is 14.2. The number of halogens is 1. The third kappa shape index (κ3) is 2.48. The zero-order valence-electron chi connectivity index (χ0n) is 10.7. The number of carbonyl (C=O) groups is 1. The van der Waals surface area contributed by atoms with Crippen LogP contribution in [0.25, 0.3) is 0 Å². The van der Waals surface area contributed by atoms with Crippen LogP contribution in [0.15, 0.2) is 23.1 Å². The van der Waals surface area contributed by atoms with E-state index in [0.717, 1.165) is 10.4 Å². The summed E-state index contributed by atoms with van der Waals surface area (Å²) in [7, 11) is -3.85. The number of rotatable bonds is 2. The second kappa shape index (κ2) is 4.90. The fraction of sp³-hybridized carbons (Fsp3) is 0.417. The van der Waals surface area contributed by atoms with Crippen molar-refractivity contribution in [3.63, 3.8) is 0 Å². The Bertz CT molecular complexity index is 615. The van der Waals surface area contributed by atoms with E-state index in [4.69, 9.17) is 0 Å². The molecule has 0 saturated carbocycles. The maximum atomic E-state index is 13.5. The van der Waals surface area contributed by atoms with Gasteiger partial charge in [-0.3, -0.25) is 4.79 Å². The molecule has 0 spiro atoms. The summed E-state index contributed by atoms with van der Waals surface area (Å²) in [5.74, 6) is -0.919. The minimum atomic E-state index is -3.85. The predicted octanol–water partition coefficient (Wildman–Crippen LogP) is 0.643. The lowest BCUT2D eigenvalue weighted by Gasteiger charge is -2.31. The lowest BCUT2D eigenvalue weighted by Crippen LogP contribution is -2.55. The average Bonchev–Trinajstić information content (AvgIpc) is 2.35. The first kappa shape index (κ1) is 14.0. The molecule has 19 heavy (non-hydrogen) atoms. The number of sulfonamides is 1. The molecule has 1 saturated heterocycles. The Hall–Kier alpha value is -1.47. The first-order chi connectivity index (χ1) is 8.84. The minimum absolute atomic E-state index is 0.128. The van der Waals surface area contributed by atoms with Crippen molar-refractivity contribution in [2.45, 2.75) is 24.8 Å². The quantitative estimate of drug-likeness (QED) is 0.868. The second-order valence-electron chi connectivity index (χ2n) is 4.49. The van der Waals surface area contributed by atoms with Crippen molar-refractivity contribution < 1.29 is 17.6 Å². The highest BCUT2D eigenvalue weighted by atomic mass is 32.2. The molecule has 1 heterocycles. The third-order valence-corrected chi connectivity index (χ3v) is 5.16. The van der Waals surface area contributed by atoms with E-state index >= 15 is 0 Å². The summed E-state index contributed by atoms with van der Waals surface area (Å²) in [6, 6.07) is 2.97. The molecular formula is C12H15FN2O3S. The van der Waals surface area contributed by atoms with Crippen molar-refractivity contribution in [2.75, 3.05) is 13.1 Å². The summed E-state index contributed by atoms with van der Waals surface area (Å²) in [4.78, 5) is 11.4. The van der Waals surface area contributed by atoms with Crippen molar-refractivity contribution in [3.05, 3.63) is 29.6 Å². The van der Waals surface area contributed by atoms with Gasteiger partial charge in [-0.15, -0.1) is 0 Å². The summed E-state index contributed by atoms with van der Waals surface area (Å²) in [5.41, 5.74) is 0.378. The molecule has 0 aliphatic carbocycles. The number of amides is 1. The molecule has 1 aliphatic heterocycles. The van der Waals surface area contributed by atoms with Crippen LogP contribution >= 0.6 is 0 Å². The van der Waals surface area contributed by atoms with Gasteiger partial charge in [0.15, 0.2) is 0 Å². The van der Waals surface area contributed by atoms with E-state index in [1.165, 1.54) is 19.1 Å². The van der Waals surface area contributed by atoms with Crippen LogP contribution in [-0.4, -0.2) is 37.8 Å². The Morgan fingerprint density at radius 1 is 1.42 bits per heavy atom. The first-order valence-electron chi connectivity index (χ1n) is 5.90. The van der Waals surface area contributed by atoms with Crippen molar-refractivity contribution >= 4 is 15.9 Å². The van der Waals surface area contributed by atoms with Crippen molar-refractivity contribution in [1.82, 2.24) is 9.62 Å². The molecule has 1 aromatic carbocycles. The summed E-state index contributed by atoms with van der Waals surface area (Å²) in [5, 5.41) is 2.59. The van der Waals surface area contributed by atoms with E-state index in [1.807, 2.05) is 0 Å². The molecule has 5 nitrogen and oxygen atoms in total. The highest BCUT2D eigenvalue weighted by Crippen LogP contribution is 2.21. The Morgan fingerprint density at radius 2 is 2.11 bits per heavy atom. The second-order valence-corrected chi connectivity index (χ2v) is 6.38. The molecular weight excluding hydrogens is 271 g/mol. The van der Waals surface area contributed by atoms with Crippen LogP contribution in [0.4, 0.5) is 4.39 Å². The number of benzene rings is 1. The number of aryl methyl sites for hydroxylation is 1. The van der Waals surface area contributed by atoms with E-state index in [9.17, 15) is 17.6 Å². The van der Waals surface area contributed by atoms with Crippen LogP contribution in [-0.2, 0) is 14.8 Å². The lowest BCUT2D eigenvalue weighted by atomic mass is 10.2. The SMILES string of the molecule is Cc1ccc(S(=O)(=O)N2CCNC(=O)C2C)cc1F. The minimum Gasteiger partial charge on any atom is -0.353 e. The molecule has 0 radical (unpaired) electrons. The zero-order valence-corrected chi connectivity index (χ0v) is 11.5. The van der Waals surface area contributed by atoms with Gasteiger partial charge < -0.3 is 5.32 Å². The highest BCUT2D eigenvalue weighted by molar-refractivity contribution is 7.89. The fourth-order valence-electron chi connectivity index (χ4n) is 1.96. The molecule has 1 fully saturated rings. The van der Waals surface area contributed by atoms with Gasteiger partial charge in [-0.05, 0) is 31.5 Å². The molecule has 1 aromatic rings. The van der Waals surface area contributed by atoms with E-state index in [0.29, 0.717) is 5.56 Å². The Labute approximate surface area is 111 Å². The van der Waals surface area contributed by atoms with Gasteiger partial charge in [-0.25, -0.2) is 12.8 Å². The van der Waals surface area contributed by atoms with Crippen LogP contribution in [0.3, 0.4) is 0 Å².